The average molecular weight is 336 g/mol. The Labute approximate surface area is 148 Å². The molecule has 130 valence electrons. The maximum Gasteiger partial charge on any atom is 0.118 e. The summed E-state index contributed by atoms with van der Waals surface area (Å²) in [4.78, 5) is 0. The van der Waals surface area contributed by atoms with Crippen molar-refractivity contribution in [1.29, 1.82) is 10.8 Å². The van der Waals surface area contributed by atoms with Crippen molar-refractivity contribution in [1.82, 2.24) is 0 Å². The van der Waals surface area contributed by atoms with E-state index in [-0.39, 0.29) is 11.7 Å². The number of benzene rings is 2. The molecule has 0 heterocycles. The fourth-order valence-electron chi connectivity index (χ4n) is 4.95. The van der Waals surface area contributed by atoms with Gasteiger partial charge in [0, 0.05) is 5.41 Å². The molecule has 0 aliphatic heterocycles. The SMILES string of the molecule is COc1ccc(C2(C(=N)N)C(C)(C)C2(C(=N)N)c2ccccc2)cc1. The van der Waals surface area contributed by atoms with Crippen LogP contribution in [0, 0.1) is 16.2 Å². The summed E-state index contributed by atoms with van der Waals surface area (Å²) in [5.41, 5.74) is 11.8. The van der Waals surface area contributed by atoms with Crippen molar-refractivity contribution < 1.29 is 4.74 Å². The lowest BCUT2D eigenvalue weighted by Gasteiger charge is -2.25. The summed E-state index contributed by atoms with van der Waals surface area (Å²) in [6.45, 7) is 4.04. The maximum absolute atomic E-state index is 8.44. The molecule has 5 nitrogen and oxygen atoms in total. The second kappa shape index (κ2) is 5.34. The topological polar surface area (TPSA) is 109 Å². The van der Waals surface area contributed by atoms with E-state index in [1.807, 2.05) is 68.4 Å². The molecular weight excluding hydrogens is 312 g/mol. The Morgan fingerprint density at radius 2 is 1.24 bits per heavy atom. The number of amidine groups is 2. The quantitative estimate of drug-likeness (QED) is 0.498. The fourth-order valence-corrected chi connectivity index (χ4v) is 4.95. The lowest BCUT2D eigenvalue weighted by molar-refractivity contribution is 0.414. The molecule has 1 fully saturated rings. The highest BCUT2D eigenvalue weighted by molar-refractivity contribution is 6.11. The largest absolute Gasteiger partial charge is 0.497 e. The van der Waals surface area contributed by atoms with Crippen molar-refractivity contribution in [2.24, 2.45) is 16.9 Å². The van der Waals surface area contributed by atoms with Gasteiger partial charge in [0.1, 0.15) is 17.4 Å². The van der Waals surface area contributed by atoms with E-state index < -0.39 is 16.2 Å². The number of hydrogen-bond donors (Lipinski definition) is 4. The van der Waals surface area contributed by atoms with Gasteiger partial charge in [-0.2, -0.15) is 0 Å². The molecule has 2 aromatic rings. The second-order valence-electron chi connectivity index (χ2n) is 7.05. The summed E-state index contributed by atoms with van der Waals surface area (Å²) in [5.74, 6) is 0.769. The second-order valence-corrected chi connectivity index (χ2v) is 7.05. The van der Waals surface area contributed by atoms with E-state index in [1.165, 1.54) is 0 Å². The number of nitrogens with two attached hydrogens (primary N) is 2. The molecule has 6 N–H and O–H groups in total. The molecule has 1 aliphatic carbocycles. The predicted octanol–water partition coefficient (Wildman–Crippen LogP) is 2.78. The van der Waals surface area contributed by atoms with Crippen LogP contribution in [0.25, 0.3) is 0 Å². The van der Waals surface area contributed by atoms with Gasteiger partial charge in [0.2, 0.25) is 0 Å². The molecule has 0 radical (unpaired) electrons. The first kappa shape index (κ1) is 17.0. The summed E-state index contributed by atoms with van der Waals surface area (Å²) >= 11 is 0. The zero-order valence-electron chi connectivity index (χ0n) is 14.8. The summed E-state index contributed by atoms with van der Waals surface area (Å²) in [6, 6.07) is 17.2. The van der Waals surface area contributed by atoms with Crippen LogP contribution in [0.1, 0.15) is 25.0 Å². The number of nitrogens with one attached hydrogen (secondary N) is 2. The smallest absolute Gasteiger partial charge is 0.118 e. The molecule has 2 unspecified atom stereocenters. The van der Waals surface area contributed by atoms with E-state index in [4.69, 9.17) is 27.0 Å². The maximum atomic E-state index is 8.44. The van der Waals surface area contributed by atoms with Crippen LogP contribution in [0.4, 0.5) is 0 Å². The molecular formula is C20H24N4O. The normalized spacial score (nSPS) is 26.7. The Kier molecular flexibility index (Phi) is 3.64. The standard InChI is InChI=1S/C20H24N4O/c1-18(2)19(16(21)22,13-7-5-4-6-8-13)20(18,17(23)24)14-9-11-15(25-3)12-10-14/h4-12H,1-3H3,(H3,21,22)(H3,23,24). The molecule has 0 amide bonds. The third kappa shape index (κ3) is 1.78. The zero-order chi connectivity index (χ0) is 18.5. The monoisotopic (exact) mass is 336 g/mol. The van der Waals surface area contributed by atoms with Crippen molar-refractivity contribution >= 4 is 11.7 Å². The minimum atomic E-state index is -0.876. The number of hydrogen-bond acceptors (Lipinski definition) is 3. The highest BCUT2D eigenvalue weighted by atomic mass is 16.5. The van der Waals surface area contributed by atoms with Gasteiger partial charge in [-0.1, -0.05) is 56.3 Å². The van der Waals surface area contributed by atoms with Crippen LogP contribution < -0.4 is 16.2 Å². The molecule has 0 saturated heterocycles. The van der Waals surface area contributed by atoms with Crippen LogP contribution in [0.3, 0.4) is 0 Å². The Balaban J connectivity index is 2.32. The fraction of sp³-hybridized carbons (Fsp3) is 0.300. The minimum absolute atomic E-state index is 0.0155. The Bertz CT molecular complexity index is 829. The van der Waals surface area contributed by atoms with Gasteiger partial charge in [-0.3, -0.25) is 10.8 Å². The Hall–Kier alpha value is -2.82. The Morgan fingerprint density at radius 3 is 1.64 bits per heavy atom. The third-order valence-electron chi connectivity index (χ3n) is 5.91. The molecule has 3 rings (SSSR count). The van der Waals surface area contributed by atoms with Crippen molar-refractivity contribution in [2.45, 2.75) is 24.7 Å². The molecule has 2 aromatic carbocycles. The number of methoxy groups -OCH3 is 1. The number of rotatable bonds is 5. The third-order valence-corrected chi connectivity index (χ3v) is 5.91. The highest BCUT2D eigenvalue weighted by Gasteiger charge is 2.86. The summed E-state index contributed by atoms with van der Waals surface area (Å²) in [7, 11) is 1.61. The molecule has 0 bridgehead atoms. The van der Waals surface area contributed by atoms with E-state index >= 15 is 0 Å². The molecule has 5 heteroatoms. The van der Waals surface area contributed by atoms with Crippen LogP contribution in [-0.4, -0.2) is 18.8 Å². The van der Waals surface area contributed by atoms with E-state index in [0.29, 0.717) is 0 Å². The van der Waals surface area contributed by atoms with Gasteiger partial charge in [-0.05, 0) is 23.3 Å². The first-order chi connectivity index (χ1) is 11.8. The predicted molar refractivity (Wildman–Crippen MR) is 100 cm³/mol. The number of ether oxygens (including phenoxy) is 1. The lowest BCUT2D eigenvalue weighted by atomic mass is 9.80. The molecule has 2 atom stereocenters. The first-order valence-electron chi connectivity index (χ1n) is 8.17. The molecule has 25 heavy (non-hydrogen) atoms. The van der Waals surface area contributed by atoms with Gasteiger partial charge >= 0.3 is 0 Å². The summed E-state index contributed by atoms with van der Waals surface area (Å²) in [5, 5.41) is 16.9. The van der Waals surface area contributed by atoms with Gasteiger partial charge in [0.15, 0.2) is 0 Å². The van der Waals surface area contributed by atoms with E-state index in [9.17, 15) is 0 Å². The van der Waals surface area contributed by atoms with Gasteiger partial charge in [0.25, 0.3) is 0 Å². The van der Waals surface area contributed by atoms with Crippen molar-refractivity contribution in [2.75, 3.05) is 7.11 Å². The van der Waals surface area contributed by atoms with Crippen LogP contribution >= 0.6 is 0 Å². The molecule has 1 aliphatic rings. The summed E-state index contributed by atoms with van der Waals surface area (Å²) < 4.78 is 5.25. The zero-order valence-corrected chi connectivity index (χ0v) is 14.8. The van der Waals surface area contributed by atoms with Crippen molar-refractivity contribution in [3.8, 4) is 5.75 Å². The lowest BCUT2D eigenvalue weighted by Crippen LogP contribution is -2.42. The van der Waals surface area contributed by atoms with Gasteiger partial charge in [0.05, 0.1) is 17.9 Å². The first-order valence-corrected chi connectivity index (χ1v) is 8.17. The Morgan fingerprint density at radius 1 is 0.800 bits per heavy atom. The van der Waals surface area contributed by atoms with E-state index in [2.05, 4.69) is 0 Å². The van der Waals surface area contributed by atoms with Gasteiger partial charge in [-0.25, -0.2) is 0 Å². The van der Waals surface area contributed by atoms with Crippen LogP contribution in [0.15, 0.2) is 54.6 Å². The summed E-state index contributed by atoms with van der Waals surface area (Å²) in [6.07, 6.45) is 0. The van der Waals surface area contributed by atoms with Crippen molar-refractivity contribution in [3.05, 3.63) is 65.7 Å². The van der Waals surface area contributed by atoms with Gasteiger partial charge in [-0.15, -0.1) is 0 Å². The minimum Gasteiger partial charge on any atom is -0.497 e. The van der Waals surface area contributed by atoms with E-state index in [0.717, 1.165) is 16.9 Å². The van der Waals surface area contributed by atoms with Gasteiger partial charge < -0.3 is 16.2 Å². The van der Waals surface area contributed by atoms with Crippen LogP contribution in [-0.2, 0) is 10.8 Å². The van der Waals surface area contributed by atoms with Crippen molar-refractivity contribution in [3.63, 3.8) is 0 Å². The molecule has 1 saturated carbocycles. The highest BCUT2D eigenvalue weighted by Crippen LogP contribution is 2.78. The molecule has 0 aromatic heterocycles. The van der Waals surface area contributed by atoms with Crippen LogP contribution in [0.5, 0.6) is 5.75 Å². The van der Waals surface area contributed by atoms with E-state index in [1.54, 1.807) is 7.11 Å². The average Bonchev–Trinajstić information content (AvgIpc) is 3.09. The molecule has 0 spiro atoms. The van der Waals surface area contributed by atoms with Crippen LogP contribution in [0.2, 0.25) is 0 Å².